The first-order valence-electron chi connectivity index (χ1n) is 6.35. The predicted molar refractivity (Wildman–Crippen MR) is 73.1 cm³/mol. The van der Waals surface area contributed by atoms with Gasteiger partial charge in [0.05, 0.1) is 19.5 Å². The molecule has 1 aliphatic rings. The van der Waals surface area contributed by atoms with Crippen LogP contribution in [0.25, 0.3) is 0 Å². The Kier molecular flexibility index (Phi) is 4.89. The van der Waals surface area contributed by atoms with Crippen molar-refractivity contribution in [2.75, 3.05) is 13.4 Å². The molecule has 0 saturated heterocycles. The first-order valence-corrected chi connectivity index (χ1v) is 8.16. The van der Waals surface area contributed by atoms with Crippen LogP contribution in [-0.2, 0) is 28.6 Å². The van der Waals surface area contributed by atoms with Crippen molar-refractivity contribution >= 4 is 22.2 Å². The lowest BCUT2D eigenvalue weighted by Gasteiger charge is -2.44. The van der Waals surface area contributed by atoms with Gasteiger partial charge in [0.1, 0.15) is 11.1 Å². The number of nitrogens with one attached hydrogen (secondary N) is 1. The van der Waals surface area contributed by atoms with Crippen LogP contribution in [-0.4, -0.2) is 51.1 Å². The van der Waals surface area contributed by atoms with E-state index in [1.54, 1.807) is 20.8 Å². The molecule has 9 heteroatoms. The minimum atomic E-state index is -3.62. The summed E-state index contributed by atoms with van der Waals surface area (Å²) in [5.41, 5.74) is -2.03. The van der Waals surface area contributed by atoms with Gasteiger partial charge in [-0.05, 0) is 20.8 Å². The molecule has 1 saturated carbocycles. The maximum Gasteiger partial charge on any atom is 0.408 e. The van der Waals surface area contributed by atoms with Gasteiger partial charge in [-0.25, -0.2) is 9.59 Å². The van der Waals surface area contributed by atoms with Gasteiger partial charge in [-0.3, -0.25) is 4.18 Å². The van der Waals surface area contributed by atoms with Crippen LogP contribution in [0, 0.1) is 0 Å². The molecule has 0 radical (unpaired) electrons. The van der Waals surface area contributed by atoms with Gasteiger partial charge in [0, 0.05) is 12.8 Å². The van der Waals surface area contributed by atoms with E-state index in [2.05, 4.69) is 10.1 Å². The highest BCUT2D eigenvalue weighted by Crippen LogP contribution is 2.36. The molecule has 1 N–H and O–H groups in total. The molecule has 1 fully saturated rings. The number of amides is 1. The lowest BCUT2D eigenvalue weighted by Crippen LogP contribution is -2.65. The quantitative estimate of drug-likeness (QED) is 0.595. The molecule has 0 aliphatic heterocycles. The Morgan fingerprint density at radius 1 is 1.24 bits per heavy atom. The van der Waals surface area contributed by atoms with Crippen molar-refractivity contribution in [3.63, 3.8) is 0 Å². The van der Waals surface area contributed by atoms with Crippen LogP contribution >= 0.6 is 0 Å². The summed E-state index contributed by atoms with van der Waals surface area (Å²) in [4.78, 5) is 23.6. The van der Waals surface area contributed by atoms with Crippen LogP contribution < -0.4 is 5.32 Å². The summed E-state index contributed by atoms with van der Waals surface area (Å²) in [6.07, 6.45) is -0.510. The van der Waals surface area contributed by atoms with E-state index in [9.17, 15) is 18.0 Å². The molecule has 0 aromatic carbocycles. The van der Waals surface area contributed by atoms with Gasteiger partial charge in [-0.2, -0.15) is 8.42 Å². The first-order chi connectivity index (χ1) is 9.37. The van der Waals surface area contributed by atoms with Crippen LogP contribution in [0.3, 0.4) is 0 Å². The normalized spacial score (nSPS) is 25.7. The smallest absolute Gasteiger partial charge is 0.408 e. The molecule has 1 amide bonds. The Morgan fingerprint density at radius 2 is 1.76 bits per heavy atom. The number of hydrogen-bond donors (Lipinski definition) is 1. The molecule has 122 valence electrons. The summed E-state index contributed by atoms with van der Waals surface area (Å²) in [5.74, 6) is -0.665. The van der Waals surface area contributed by atoms with E-state index in [1.807, 2.05) is 0 Å². The van der Waals surface area contributed by atoms with Crippen molar-refractivity contribution in [1.29, 1.82) is 0 Å². The lowest BCUT2D eigenvalue weighted by molar-refractivity contribution is -0.157. The van der Waals surface area contributed by atoms with Crippen LogP contribution in [0.15, 0.2) is 0 Å². The van der Waals surface area contributed by atoms with Gasteiger partial charge in [-0.15, -0.1) is 0 Å². The van der Waals surface area contributed by atoms with E-state index in [4.69, 9.17) is 8.92 Å². The summed E-state index contributed by atoms with van der Waals surface area (Å²) in [6, 6.07) is 0. The summed E-state index contributed by atoms with van der Waals surface area (Å²) in [5, 5.41) is 2.44. The van der Waals surface area contributed by atoms with Crippen LogP contribution in [0.1, 0.15) is 33.6 Å². The van der Waals surface area contributed by atoms with E-state index >= 15 is 0 Å². The summed E-state index contributed by atoms with van der Waals surface area (Å²) >= 11 is 0. The topological polar surface area (TPSA) is 108 Å². The predicted octanol–water partition coefficient (Wildman–Crippen LogP) is 0.561. The monoisotopic (exact) mass is 323 g/mol. The van der Waals surface area contributed by atoms with Gasteiger partial charge in [-0.1, -0.05) is 0 Å². The highest BCUT2D eigenvalue weighted by molar-refractivity contribution is 7.86. The number of esters is 1. The zero-order valence-electron chi connectivity index (χ0n) is 12.8. The zero-order valence-corrected chi connectivity index (χ0v) is 13.6. The minimum Gasteiger partial charge on any atom is -0.467 e. The average molecular weight is 323 g/mol. The third-order valence-corrected chi connectivity index (χ3v) is 3.40. The molecule has 0 unspecified atom stereocenters. The number of carbonyl (C=O) groups excluding carboxylic acids is 2. The number of carbonyl (C=O) groups is 2. The largest absolute Gasteiger partial charge is 0.467 e. The molecule has 0 aromatic rings. The fraction of sp³-hybridized carbons (Fsp3) is 0.833. The molecule has 0 bridgehead atoms. The van der Waals surface area contributed by atoms with E-state index in [1.165, 1.54) is 7.11 Å². The van der Waals surface area contributed by atoms with Gasteiger partial charge < -0.3 is 14.8 Å². The van der Waals surface area contributed by atoms with E-state index in [0.29, 0.717) is 0 Å². The number of alkyl carbamates (subject to hydrolysis) is 1. The van der Waals surface area contributed by atoms with Crippen LogP contribution in [0.5, 0.6) is 0 Å². The Bertz CT molecular complexity index is 514. The lowest BCUT2D eigenvalue weighted by atomic mass is 9.74. The van der Waals surface area contributed by atoms with Gasteiger partial charge >= 0.3 is 12.1 Å². The second-order valence-electron chi connectivity index (χ2n) is 6.03. The summed E-state index contributed by atoms with van der Waals surface area (Å²) in [6.45, 7) is 5.06. The number of methoxy groups -OCH3 is 1. The zero-order chi connectivity index (χ0) is 16.5. The average Bonchev–Trinajstić information content (AvgIpc) is 2.19. The highest BCUT2D eigenvalue weighted by atomic mass is 32.2. The Balaban J connectivity index is 2.72. The molecule has 0 heterocycles. The third kappa shape index (κ3) is 5.16. The number of rotatable bonds is 4. The Morgan fingerprint density at radius 3 is 2.14 bits per heavy atom. The number of hydrogen-bond acceptors (Lipinski definition) is 7. The molecular formula is C12H21NO7S. The summed E-state index contributed by atoms with van der Waals surface area (Å²) < 4.78 is 36.6. The van der Waals surface area contributed by atoms with E-state index in [0.717, 1.165) is 6.26 Å². The van der Waals surface area contributed by atoms with Crippen LogP contribution in [0.4, 0.5) is 4.79 Å². The Hall–Kier alpha value is -1.35. The van der Waals surface area contributed by atoms with Crippen molar-refractivity contribution in [2.45, 2.75) is 50.9 Å². The van der Waals surface area contributed by atoms with Crippen molar-refractivity contribution in [2.24, 2.45) is 0 Å². The van der Waals surface area contributed by atoms with Gasteiger partial charge in [0.2, 0.25) is 0 Å². The molecule has 1 rings (SSSR count). The molecule has 8 nitrogen and oxygen atoms in total. The standard InChI is InChI=1S/C12H21NO7S/c1-11(2,3)19-10(15)13-12(9(14)18-4)6-8(7-12)20-21(5,16)17/h8H,6-7H2,1-5H3,(H,13,15). The fourth-order valence-corrected chi connectivity index (χ4v) is 2.68. The second-order valence-corrected chi connectivity index (χ2v) is 7.63. The SMILES string of the molecule is COC(=O)C1(NC(=O)OC(C)(C)C)CC(OS(C)(=O)=O)C1. The second kappa shape index (κ2) is 5.80. The molecular weight excluding hydrogens is 302 g/mol. The highest BCUT2D eigenvalue weighted by Gasteiger charge is 2.54. The Labute approximate surface area is 124 Å². The molecule has 1 aliphatic carbocycles. The van der Waals surface area contributed by atoms with Gasteiger partial charge in [0.25, 0.3) is 10.1 Å². The number of ether oxygens (including phenoxy) is 2. The third-order valence-electron chi connectivity index (χ3n) is 2.78. The van der Waals surface area contributed by atoms with Crippen molar-refractivity contribution in [1.82, 2.24) is 5.32 Å². The van der Waals surface area contributed by atoms with Crippen molar-refractivity contribution < 1.29 is 31.7 Å². The molecule has 0 atom stereocenters. The molecule has 21 heavy (non-hydrogen) atoms. The summed E-state index contributed by atoms with van der Waals surface area (Å²) in [7, 11) is -2.43. The fourth-order valence-electron chi connectivity index (χ4n) is 2.05. The maximum atomic E-state index is 11.8. The van der Waals surface area contributed by atoms with E-state index in [-0.39, 0.29) is 12.8 Å². The van der Waals surface area contributed by atoms with Crippen molar-refractivity contribution in [3.05, 3.63) is 0 Å². The maximum absolute atomic E-state index is 11.8. The van der Waals surface area contributed by atoms with E-state index < -0.39 is 39.4 Å². The minimum absolute atomic E-state index is 0.00594. The molecule has 0 aromatic heterocycles. The molecule has 0 spiro atoms. The van der Waals surface area contributed by atoms with Crippen LogP contribution in [0.2, 0.25) is 0 Å². The van der Waals surface area contributed by atoms with Crippen molar-refractivity contribution in [3.8, 4) is 0 Å². The first kappa shape index (κ1) is 17.7. The van der Waals surface area contributed by atoms with Gasteiger partial charge in [0.15, 0.2) is 0 Å².